The van der Waals surface area contributed by atoms with Gasteiger partial charge in [0.05, 0.1) is 4.90 Å². The molecule has 21 heavy (non-hydrogen) atoms. The van der Waals surface area contributed by atoms with Crippen molar-refractivity contribution < 1.29 is 8.42 Å². The van der Waals surface area contributed by atoms with Crippen molar-refractivity contribution >= 4 is 10.0 Å². The van der Waals surface area contributed by atoms with Gasteiger partial charge in [-0.05, 0) is 43.5 Å². The Kier molecular flexibility index (Phi) is 5.03. The molecule has 5 nitrogen and oxygen atoms in total. The normalized spacial score (nSPS) is 23.9. The van der Waals surface area contributed by atoms with Gasteiger partial charge in [0.2, 0.25) is 10.0 Å². The Labute approximate surface area is 127 Å². The van der Waals surface area contributed by atoms with Crippen LogP contribution in [0.4, 0.5) is 0 Å². The maximum absolute atomic E-state index is 12.0. The average molecular weight is 311 g/mol. The molecule has 0 saturated carbocycles. The van der Waals surface area contributed by atoms with Crippen LogP contribution in [0.15, 0.2) is 29.2 Å². The van der Waals surface area contributed by atoms with Crippen LogP contribution in [0.3, 0.4) is 0 Å². The molecule has 1 aromatic rings. The lowest BCUT2D eigenvalue weighted by Crippen LogP contribution is -2.27. The van der Waals surface area contributed by atoms with E-state index in [1.165, 1.54) is 4.31 Å². The molecule has 1 heterocycles. The largest absolute Gasteiger partial charge is 0.330 e. The topological polar surface area (TPSA) is 66.6 Å². The number of hydrogen-bond acceptors (Lipinski definition) is 4. The van der Waals surface area contributed by atoms with Gasteiger partial charge >= 0.3 is 0 Å². The van der Waals surface area contributed by atoms with Gasteiger partial charge < -0.3 is 5.73 Å². The molecule has 1 aliphatic heterocycles. The van der Waals surface area contributed by atoms with Crippen molar-refractivity contribution in [3.8, 4) is 0 Å². The number of rotatable bonds is 5. The lowest BCUT2D eigenvalue weighted by Gasteiger charge is -2.21. The van der Waals surface area contributed by atoms with E-state index in [2.05, 4.69) is 11.8 Å². The molecule has 1 fully saturated rings. The van der Waals surface area contributed by atoms with Crippen molar-refractivity contribution in [3.05, 3.63) is 29.8 Å². The van der Waals surface area contributed by atoms with Crippen LogP contribution in [0.5, 0.6) is 0 Å². The number of nitrogens with zero attached hydrogens (tertiary/aromatic N) is 2. The standard InChI is InChI=1S/C15H25N3O2S/c1-12-8-14(9-16)11-18(12)10-13-4-6-15(7-5-13)21(19,20)17(2)3/h4-7,12,14H,8-11,16H2,1-3H3. The second-order valence-corrected chi connectivity index (χ2v) is 8.20. The predicted octanol–water partition coefficient (Wildman–Crippen LogP) is 1.11. The number of nitrogens with two attached hydrogens (primary N) is 1. The van der Waals surface area contributed by atoms with E-state index in [0.717, 1.165) is 31.6 Å². The summed E-state index contributed by atoms with van der Waals surface area (Å²) in [5.41, 5.74) is 6.89. The molecule has 0 aliphatic carbocycles. The van der Waals surface area contributed by atoms with Gasteiger partial charge in [-0.3, -0.25) is 4.90 Å². The van der Waals surface area contributed by atoms with Gasteiger partial charge in [0.25, 0.3) is 0 Å². The second-order valence-electron chi connectivity index (χ2n) is 6.05. The third-order valence-electron chi connectivity index (χ3n) is 4.21. The lowest BCUT2D eigenvalue weighted by molar-refractivity contribution is 0.256. The first-order valence-electron chi connectivity index (χ1n) is 7.30. The minimum atomic E-state index is -3.34. The minimum absolute atomic E-state index is 0.338. The van der Waals surface area contributed by atoms with Crippen LogP contribution in [0.25, 0.3) is 0 Å². The molecule has 0 amide bonds. The van der Waals surface area contributed by atoms with Crippen molar-refractivity contribution in [2.75, 3.05) is 27.2 Å². The Morgan fingerprint density at radius 3 is 2.38 bits per heavy atom. The second kappa shape index (κ2) is 6.44. The molecule has 0 radical (unpaired) electrons. The van der Waals surface area contributed by atoms with Crippen LogP contribution >= 0.6 is 0 Å². The number of hydrogen-bond donors (Lipinski definition) is 1. The summed E-state index contributed by atoms with van der Waals surface area (Å²) in [4.78, 5) is 2.75. The summed E-state index contributed by atoms with van der Waals surface area (Å²) in [5, 5.41) is 0. The molecule has 0 aromatic heterocycles. The number of sulfonamides is 1. The molecule has 2 atom stereocenters. The van der Waals surface area contributed by atoms with Crippen LogP contribution in [-0.2, 0) is 16.6 Å². The lowest BCUT2D eigenvalue weighted by atomic mass is 10.1. The molecule has 1 aliphatic rings. The first-order valence-corrected chi connectivity index (χ1v) is 8.74. The Bertz CT molecular complexity index is 569. The van der Waals surface area contributed by atoms with E-state index in [1.807, 2.05) is 12.1 Å². The summed E-state index contributed by atoms with van der Waals surface area (Å²) in [7, 11) is -0.254. The highest BCUT2D eigenvalue weighted by Crippen LogP contribution is 2.24. The fraction of sp³-hybridized carbons (Fsp3) is 0.600. The van der Waals surface area contributed by atoms with Gasteiger partial charge in [0.15, 0.2) is 0 Å². The predicted molar refractivity (Wildman–Crippen MR) is 84.3 cm³/mol. The minimum Gasteiger partial charge on any atom is -0.330 e. The highest BCUT2D eigenvalue weighted by molar-refractivity contribution is 7.89. The maximum atomic E-state index is 12.0. The van der Waals surface area contributed by atoms with Crippen LogP contribution in [0.2, 0.25) is 0 Å². The molecule has 1 aromatic carbocycles. The van der Waals surface area contributed by atoms with Crippen molar-refractivity contribution in [2.24, 2.45) is 11.7 Å². The molecule has 2 N–H and O–H groups in total. The van der Waals surface area contributed by atoms with E-state index in [0.29, 0.717) is 16.9 Å². The SMILES string of the molecule is CC1CC(CN)CN1Cc1ccc(S(=O)(=O)N(C)C)cc1. The van der Waals surface area contributed by atoms with E-state index in [4.69, 9.17) is 5.73 Å². The molecular formula is C15H25N3O2S. The summed E-state index contributed by atoms with van der Waals surface area (Å²) in [6, 6.07) is 7.71. The van der Waals surface area contributed by atoms with E-state index < -0.39 is 10.0 Å². The zero-order chi connectivity index (χ0) is 15.6. The highest BCUT2D eigenvalue weighted by atomic mass is 32.2. The van der Waals surface area contributed by atoms with Crippen LogP contribution in [-0.4, -0.2) is 50.8 Å². The van der Waals surface area contributed by atoms with E-state index >= 15 is 0 Å². The fourth-order valence-corrected chi connectivity index (χ4v) is 3.72. The quantitative estimate of drug-likeness (QED) is 0.884. The summed E-state index contributed by atoms with van der Waals surface area (Å²) >= 11 is 0. The third kappa shape index (κ3) is 3.63. The molecule has 1 saturated heterocycles. The molecule has 2 rings (SSSR count). The van der Waals surface area contributed by atoms with Crippen LogP contribution in [0, 0.1) is 5.92 Å². The molecule has 0 spiro atoms. The summed E-state index contributed by atoms with van der Waals surface area (Å²) in [5.74, 6) is 0.577. The van der Waals surface area contributed by atoms with Gasteiger partial charge in [-0.15, -0.1) is 0 Å². The Hall–Kier alpha value is -0.950. The molecule has 0 bridgehead atoms. The van der Waals surface area contributed by atoms with Crippen molar-refractivity contribution in [3.63, 3.8) is 0 Å². The molecular weight excluding hydrogens is 286 g/mol. The number of likely N-dealkylation sites (tertiary alicyclic amines) is 1. The highest BCUT2D eigenvalue weighted by Gasteiger charge is 2.27. The fourth-order valence-electron chi connectivity index (χ4n) is 2.82. The van der Waals surface area contributed by atoms with E-state index in [1.54, 1.807) is 26.2 Å². The monoisotopic (exact) mass is 311 g/mol. The third-order valence-corrected chi connectivity index (χ3v) is 6.04. The number of benzene rings is 1. The van der Waals surface area contributed by atoms with Crippen molar-refractivity contribution in [2.45, 2.75) is 30.8 Å². The van der Waals surface area contributed by atoms with Crippen LogP contribution < -0.4 is 5.73 Å². The molecule has 6 heteroatoms. The molecule has 2 unspecified atom stereocenters. The molecule has 118 valence electrons. The van der Waals surface area contributed by atoms with E-state index in [9.17, 15) is 8.42 Å². The van der Waals surface area contributed by atoms with Gasteiger partial charge in [0, 0.05) is 33.2 Å². The van der Waals surface area contributed by atoms with Gasteiger partial charge in [-0.1, -0.05) is 12.1 Å². The Balaban J connectivity index is 2.07. The smallest absolute Gasteiger partial charge is 0.242 e. The summed E-state index contributed by atoms with van der Waals surface area (Å²) in [6.45, 7) is 4.83. The summed E-state index contributed by atoms with van der Waals surface area (Å²) < 4.78 is 25.3. The first-order chi connectivity index (χ1) is 9.84. The van der Waals surface area contributed by atoms with Crippen molar-refractivity contribution in [1.82, 2.24) is 9.21 Å². The zero-order valence-electron chi connectivity index (χ0n) is 13.0. The van der Waals surface area contributed by atoms with Gasteiger partial charge in [-0.25, -0.2) is 12.7 Å². The maximum Gasteiger partial charge on any atom is 0.242 e. The van der Waals surface area contributed by atoms with Gasteiger partial charge in [0.1, 0.15) is 0 Å². The Morgan fingerprint density at radius 2 is 1.90 bits per heavy atom. The Morgan fingerprint density at radius 1 is 1.29 bits per heavy atom. The van der Waals surface area contributed by atoms with Crippen LogP contribution in [0.1, 0.15) is 18.9 Å². The van der Waals surface area contributed by atoms with Crippen molar-refractivity contribution in [1.29, 1.82) is 0 Å². The average Bonchev–Trinajstić information content (AvgIpc) is 2.80. The zero-order valence-corrected chi connectivity index (χ0v) is 13.8. The summed E-state index contributed by atoms with van der Waals surface area (Å²) in [6.07, 6.45) is 1.14. The van der Waals surface area contributed by atoms with Gasteiger partial charge in [-0.2, -0.15) is 0 Å². The van der Waals surface area contributed by atoms with E-state index in [-0.39, 0.29) is 0 Å². The first kappa shape index (κ1) is 16.4.